The van der Waals surface area contributed by atoms with Crippen LogP contribution in [0.2, 0.25) is 0 Å². The molecule has 2 aromatic heterocycles. The molecular weight excluding hydrogens is 388 g/mol. The second-order valence-electron chi connectivity index (χ2n) is 8.21. The van der Waals surface area contributed by atoms with Crippen LogP contribution in [0.15, 0.2) is 30.7 Å². The summed E-state index contributed by atoms with van der Waals surface area (Å²) in [6, 6.07) is 6.08. The number of aryl methyl sites for hydroxylation is 1. The van der Waals surface area contributed by atoms with Gasteiger partial charge >= 0.3 is 0 Å². The van der Waals surface area contributed by atoms with E-state index in [1.165, 1.54) is 5.56 Å². The fourth-order valence-electron chi connectivity index (χ4n) is 4.13. The van der Waals surface area contributed by atoms with Crippen LogP contribution in [0.25, 0.3) is 0 Å². The molecule has 0 radical (unpaired) electrons. The molecule has 2 aliphatic heterocycles. The lowest BCUT2D eigenvalue weighted by Gasteiger charge is -2.34. The van der Waals surface area contributed by atoms with Crippen molar-refractivity contribution < 1.29 is 4.74 Å². The summed E-state index contributed by atoms with van der Waals surface area (Å²) in [4.78, 5) is 20.3. The molecule has 164 valence electrons. The topological polar surface area (TPSA) is 57.6 Å². The first-order valence-electron chi connectivity index (χ1n) is 11.2. The Bertz CT molecular complexity index is 893. The zero-order chi connectivity index (χ0) is 21.5. The third kappa shape index (κ3) is 5.72. The fourth-order valence-corrected chi connectivity index (χ4v) is 4.13. The highest BCUT2D eigenvalue weighted by atomic mass is 16.5. The lowest BCUT2D eigenvalue weighted by atomic mass is 10.1. The number of rotatable bonds is 5. The summed E-state index contributed by atoms with van der Waals surface area (Å²) in [6.07, 6.45) is 5.83. The Balaban J connectivity index is 1.13. The second-order valence-corrected chi connectivity index (χ2v) is 8.21. The largest absolute Gasteiger partial charge is 0.365 e. The van der Waals surface area contributed by atoms with E-state index in [4.69, 9.17) is 4.74 Å². The lowest BCUT2D eigenvalue weighted by molar-refractivity contribution is 0.0593. The van der Waals surface area contributed by atoms with Gasteiger partial charge in [0.15, 0.2) is 0 Å². The maximum Gasteiger partial charge on any atom is 0.135 e. The van der Waals surface area contributed by atoms with Crippen molar-refractivity contribution in [3.05, 3.63) is 42.0 Å². The van der Waals surface area contributed by atoms with Gasteiger partial charge in [0.1, 0.15) is 24.6 Å². The number of anilines is 2. The van der Waals surface area contributed by atoms with Gasteiger partial charge in [-0.25, -0.2) is 15.0 Å². The Hall–Kier alpha value is -2.69. The molecule has 0 N–H and O–H groups in total. The maximum absolute atomic E-state index is 6.02. The van der Waals surface area contributed by atoms with Crippen LogP contribution < -0.4 is 9.80 Å². The number of piperidine rings is 1. The molecule has 7 nitrogen and oxygen atoms in total. The Morgan fingerprint density at radius 3 is 2.48 bits per heavy atom. The smallest absolute Gasteiger partial charge is 0.135 e. The van der Waals surface area contributed by atoms with Crippen molar-refractivity contribution in [1.29, 1.82) is 0 Å². The van der Waals surface area contributed by atoms with Gasteiger partial charge in [-0.1, -0.05) is 17.9 Å². The number of hydrogen-bond donors (Lipinski definition) is 0. The zero-order valence-electron chi connectivity index (χ0n) is 18.6. The van der Waals surface area contributed by atoms with Gasteiger partial charge in [-0.2, -0.15) is 0 Å². The standard InChI is InChI=1S/C24H32N6O/c1-20-21(2)26-19-27-24(20)30-12-8-22(9-13-30)31-18-6-5-11-28-14-16-29(17-15-28)23-7-3-4-10-25-23/h3-4,7,10,19,22H,8-9,11-18H2,1-2H3. The molecule has 0 aromatic carbocycles. The molecule has 4 rings (SSSR count). The van der Waals surface area contributed by atoms with E-state index in [1.807, 2.05) is 25.3 Å². The third-order valence-corrected chi connectivity index (χ3v) is 6.22. The molecule has 0 unspecified atom stereocenters. The van der Waals surface area contributed by atoms with Crippen molar-refractivity contribution in [1.82, 2.24) is 19.9 Å². The average Bonchev–Trinajstić information content (AvgIpc) is 2.82. The van der Waals surface area contributed by atoms with E-state index in [0.29, 0.717) is 6.61 Å². The number of aromatic nitrogens is 3. The molecule has 0 saturated carbocycles. The summed E-state index contributed by atoms with van der Waals surface area (Å²) in [6.45, 7) is 11.4. The predicted octanol–water partition coefficient (Wildman–Crippen LogP) is 2.30. The molecule has 2 saturated heterocycles. The van der Waals surface area contributed by atoms with Crippen LogP contribution in [0.5, 0.6) is 0 Å². The van der Waals surface area contributed by atoms with E-state index in [0.717, 1.165) is 76.0 Å². The molecule has 4 heterocycles. The Labute approximate surface area is 185 Å². The van der Waals surface area contributed by atoms with E-state index < -0.39 is 0 Å². The van der Waals surface area contributed by atoms with Crippen LogP contribution in [-0.2, 0) is 4.74 Å². The van der Waals surface area contributed by atoms with Crippen LogP contribution >= 0.6 is 0 Å². The second kappa shape index (κ2) is 10.6. The molecule has 7 heteroatoms. The highest BCUT2D eigenvalue weighted by Crippen LogP contribution is 2.23. The molecule has 31 heavy (non-hydrogen) atoms. The lowest BCUT2D eigenvalue weighted by Crippen LogP contribution is -2.46. The number of pyridine rings is 1. The van der Waals surface area contributed by atoms with Crippen molar-refractivity contribution in [3.8, 4) is 11.8 Å². The number of piperazine rings is 1. The van der Waals surface area contributed by atoms with Gasteiger partial charge in [-0.3, -0.25) is 4.90 Å². The Morgan fingerprint density at radius 1 is 0.935 bits per heavy atom. The highest BCUT2D eigenvalue weighted by Gasteiger charge is 2.22. The number of hydrogen-bond acceptors (Lipinski definition) is 7. The summed E-state index contributed by atoms with van der Waals surface area (Å²) in [5.74, 6) is 8.63. The fraction of sp³-hybridized carbons (Fsp3) is 0.542. The average molecular weight is 421 g/mol. The molecule has 0 bridgehead atoms. The first kappa shape index (κ1) is 21.5. The monoisotopic (exact) mass is 420 g/mol. The maximum atomic E-state index is 6.02. The summed E-state index contributed by atoms with van der Waals surface area (Å²) >= 11 is 0. The van der Waals surface area contributed by atoms with Gasteiger partial charge in [-0.05, 0) is 38.8 Å². The van der Waals surface area contributed by atoms with Crippen molar-refractivity contribution in [2.45, 2.75) is 32.8 Å². The minimum atomic E-state index is 0.288. The number of ether oxygens (including phenoxy) is 1. The van der Waals surface area contributed by atoms with E-state index in [-0.39, 0.29) is 6.10 Å². The van der Waals surface area contributed by atoms with E-state index in [1.54, 1.807) is 6.33 Å². The van der Waals surface area contributed by atoms with E-state index in [2.05, 4.69) is 54.5 Å². The molecule has 2 aromatic rings. The predicted molar refractivity (Wildman–Crippen MR) is 123 cm³/mol. The summed E-state index contributed by atoms with van der Waals surface area (Å²) in [7, 11) is 0. The zero-order valence-corrected chi connectivity index (χ0v) is 18.6. The molecule has 2 fully saturated rings. The molecule has 0 aliphatic carbocycles. The SMILES string of the molecule is Cc1ncnc(N2CCC(OCC#CCN3CCN(c4ccccn4)CC3)CC2)c1C. The van der Waals surface area contributed by atoms with Gasteiger partial charge in [0.25, 0.3) is 0 Å². The quantitative estimate of drug-likeness (QED) is 0.688. The number of nitrogens with zero attached hydrogens (tertiary/aromatic N) is 6. The van der Waals surface area contributed by atoms with Crippen molar-refractivity contribution in [3.63, 3.8) is 0 Å². The summed E-state index contributed by atoms with van der Waals surface area (Å²) < 4.78 is 6.02. The van der Waals surface area contributed by atoms with Gasteiger partial charge in [0.2, 0.25) is 0 Å². The molecule has 2 aliphatic rings. The first-order valence-corrected chi connectivity index (χ1v) is 11.2. The van der Waals surface area contributed by atoms with Crippen LogP contribution in [0.3, 0.4) is 0 Å². The van der Waals surface area contributed by atoms with Gasteiger partial charge in [0, 0.05) is 56.7 Å². The normalized spacial score (nSPS) is 18.0. The van der Waals surface area contributed by atoms with Crippen LogP contribution in [0.1, 0.15) is 24.1 Å². The van der Waals surface area contributed by atoms with Crippen LogP contribution in [0.4, 0.5) is 11.6 Å². The van der Waals surface area contributed by atoms with Gasteiger partial charge < -0.3 is 14.5 Å². The molecular formula is C24H32N6O. The Kier molecular flexibility index (Phi) is 7.34. The van der Waals surface area contributed by atoms with E-state index in [9.17, 15) is 0 Å². The minimum Gasteiger partial charge on any atom is -0.365 e. The summed E-state index contributed by atoms with van der Waals surface area (Å²) in [5, 5.41) is 0. The van der Waals surface area contributed by atoms with E-state index >= 15 is 0 Å². The first-order chi connectivity index (χ1) is 15.2. The minimum absolute atomic E-state index is 0.288. The van der Waals surface area contributed by atoms with Crippen molar-refractivity contribution >= 4 is 11.6 Å². The summed E-state index contributed by atoms with van der Waals surface area (Å²) in [5.41, 5.74) is 2.23. The van der Waals surface area contributed by atoms with Gasteiger partial charge in [0.05, 0.1) is 12.6 Å². The van der Waals surface area contributed by atoms with Crippen molar-refractivity contribution in [2.24, 2.45) is 0 Å². The molecule has 0 atom stereocenters. The molecule has 0 amide bonds. The third-order valence-electron chi connectivity index (χ3n) is 6.22. The van der Waals surface area contributed by atoms with Crippen LogP contribution in [0, 0.1) is 25.7 Å². The van der Waals surface area contributed by atoms with Gasteiger partial charge in [-0.15, -0.1) is 0 Å². The highest BCUT2D eigenvalue weighted by molar-refractivity contribution is 5.47. The Morgan fingerprint density at radius 2 is 1.74 bits per heavy atom. The van der Waals surface area contributed by atoms with Crippen LogP contribution in [-0.4, -0.2) is 78.4 Å². The molecule has 0 spiro atoms. The van der Waals surface area contributed by atoms with Crippen molar-refractivity contribution in [2.75, 3.05) is 62.2 Å².